The van der Waals surface area contributed by atoms with Crippen molar-refractivity contribution in [2.75, 3.05) is 0 Å². The molecule has 2 heteroatoms. The van der Waals surface area contributed by atoms with Crippen LogP contribution in [0.1, 0.15) is 30.5 Å². The Morgan fingerprint density at radius 3 is 2.75 bits per heavy atom. The molecule has 66 valence electrons. The van der Waals surface area contributed by atoms with Crippen LogP contribution >= 0.6 is 0 Å². The van der Waals surface area contributed by atoms with Crippen molar-refractivity contribution in [3.63, 3.8) is 0 Å². The van der Waals surface area contributed by atoms with Crippen molar-refractivity contribution in [3.05, 3.63) is 35.1 Å². The number of nitrogens with two attached hydrogens (primary N) is 1. The molecule has 1 nitrogen and oxygen atoms in total. The Morgan fingerprint density at radius 2 is 2.17 bits per heavy atom. The minimum absolute atomic E-state index is 0.0410. The monoisotopic (exact) mass is 167 g/mol. The van der Waals surface area contributed by atoms with E-state index in [0.717, 1.165) is 17.5 Å². The first-order valence-electron chi connectivity index (χ1n) is 4.16. The van der Waals surface area contributed by atoms with E-state index in [1.165, 1.54) is 12.1 Å². The van der Waals surface area contributed by atoms with Gasteiger partial charge in [0, 0.05) is 6.04 Å². The first-order chi connectivity index (χ1) is 5.65. The van der Waals surface area contributed by atoms with Gasteiger partial charge < -0.3 is 5.73 Å². The van der Waals surface area contributed by atoms with Gasteiger partial charge in [0.25, 0.3) is 0 Å². The standard InChI is InChI=1S/C10H14FN/c1-3-10(12)9-6-8(11)5-4-7(9)2/h4-6,10H,3,12H2,1-2H3/t10-/m0/s1. The van der Waals surface area contributed by atoms with Crippen molar-refractivity contribution in [1.82, 2.24) is 0 Å². The molecular formula is C10H14FN. The molecule has 0 aliphatic rings. The summed E-state index contributed by atoms with van der Waals surface area (Å²) in [6, 6.07) is 4.70. The van der Waals surface area contributed by atoms with Crippen LogP contribution in [0, 0.1) is 12.7 Å². The predicted octanol–water partition coefficient (Wildman–Crippen LogP) is 2.54. The third-order valence-electron chi connectivity index (χ3n) is 2.08. The van der Waals surface area contributed by atoms with Gasteiger partial charge in [-0.15, -0.1) is 0 Å². The minimum Gasteiger partial charge on any atom is -0.324 e. The summed E-state index contributed by atoms with van der Waals surface area (Å²) in [5.74, 6) is -0.209. The van der Waals surface area contributed by atoms with Crippen LogP contribution in [-0.2, 0) is 0 Å². The lowest BCUT2D eigenvalue weighted by Gasteiger charge is -2.11. The SMILES string of the molecule is CC[C@H](N)c1cc(F)ccc1C. The van der Waals surface area contributed by atoms with E-state index in [4.69, 9.17) is 5.73 Å². The molecular weight excluding hydrogens is 153 g/mol. The van der Waals surface area contributed by atoms with Crippen molar-refractivity contribution in [2.24, 2.45) is 5.73 Å². The summed E-state index contributed by atoms with van der Waals surface area (Å²) in [6.45, 7) is 3.94. The van der Waals surface area contributed by atoms with Gasteiger partial charge in [-0.05, 0) is 36.6 Å². The van der Waals surface area contributed by atoms with Crippen LogP contribution in [0.4, 0.5) is 4.39 Å². The molecule has 0 amide bonds. The largest absolute Gasteiger partial charge is 0.324 e. The maximum absolute atomic E-state index is 12.8. The fourth-order valence-corrected chi connectivity index (χ4v) is 1.23. The van der Waals surface area contributed by atoms with Gasteiger partial charge >= 0.3 is 0 Å². The first kappa shape index (κ1) is 9.20. The lowest BCUT2D eigenvalue weighted by Crippen LogP contribution is -2.10. The number of benzene rings is 1. The lowest BCUT2D eigenvalue weighted by atomic mass is 10.0. The van der Waals surface area contributed by atoms with Gasteiger partial charge in [0.1, 0.15) is 5.82 Å². The summed E-state index contributed by atoms with van der Waals surface area (Å²) in [6.07, 6.45) is 0.838. The average molecular weight is 167 g/mol. The van der Waals surface area contributed by atoms with E-state index in [1.54, 1.807) is 6.07 Å². The quantitative estimate of drug-likeness (QED) is 0.719. The Hall–Kier alpha value is -0.890. The van der Waals surface area contributed by atoms with Gasteiger partial charge in [-0.3, -0.25) is 0 Å². The Kier molecular flexibility index (Phi) is 2.82. The van der Waals surface area contributed by atoms with Crippen LogP contribution in [-0.4, -0.2) is 0 Å². The van der Waals surface area contributed by atoms with E-state index in [1.807, 2.05) is 13.8 Å². The van der Waals surface area contributed by atoms with Gasteiger partial charge in [0.2, 0.25) is 0 Å². The van der Waals surface area contributed by atoms with Gasteiger partial charge in [-0.2, -0.15) is 0 Å². The maximum Gasteiger partial charge on any atom is 0.123 e. The third-order valence-corrected chi connectivity index (χ3v) is 2.08. The highest BCUT2D eigenvalue weighted by atomic mass is 19.1. The van der Waals surface area contributed by atoms with E-state index in [9.17, 15) is 4.39 Å². The second kappa shape index (κ2) is 3.68. The van der Waals surface area contributed by atoms with Gasteiger partial charge in [0.05, 0.1) is 0 Å². The van der Waals surface area contributed by atoms with Crippen molar-refractivity contribution >= 4 is 0 Å². The molecule has 0 aliphatic heterocycles. The van der Waals surface area contributed by atoms with Crippen LogP contribution in [0.2, 0.25) is 0 Å². The van der Waals surface area contributed by atoms with Gasteiger partial charge in [-0.1, -0.05) is 13.0 Å². The topological polar surface area (TPSA) is 26.0 Å². The molecule has 1 aromatic carbocycles. The number of hydrogen-bond donors (Lipinski definition) is 1. The number of rotatable bonds is 2. The molecule has 0 fully saturated rings. The zero-order valence-corrected chi connectivity index (χ0v) is 7.47. The zero-order valence-electron chi connectivity index (χ0n) is 7.47. The summed E-state index contributed by atoms with van der Waals surface area (Å²) in [5, 5.41) is 0. The molecule has 0 bridgehead atoms. The van der Waals surface area contributed by atoms with Crippen molar-refractivity contribution in [1.29, 1.82) is 0 Å². The van der Waals surface area contributed by atoms with Crippen LogP contribution in [0.25, 0.3) is 0 Å². The highest BCUT2D eigenvalue weighted by Gasteiger charge is 2.06. The molecule has 0 aromatic heterocycles. The predicted molar refractivity (Wildman–Crippen MR) is 48.4 cm³/mol. The second-order valence-electron chi connectivity index (χ2n) is 3.02. The van der Waals surface area contributed by atoms with Crippen LogP contribution < -0.4 is 5.73 Å². The summed E-state index contributed by atoms with van der Waals surface area (Å²) < 4.78 is 12.8. The van der Waals surface area contributed by atoms with Crippen LogP contribution in [0.5, 0.6) is 0 Å². The van der Waals surface area contributed by atoms with E-state index in [2.05, 4.69) is 0 Å². The highest BCUT2D eigenvalue weighted by Crippen LogP contribution is 2.18. The molecule has 1 aromatic rings. The molecule has 0 aliphatic carbocycles. The fraction of sp³-hybridized carbons (Fsp3) is 0.400. The van der Waals surface area contributed by atoms with Crippen molar-refractivity contribution in [2.45, 2.75) is 26.3 Å². The van der Waals surface area contributed by atoms with Crippen molar-refractivity contribution < 1.29 is 4.39 Å². The molecule has 2 N–H and O–H groups in total. The summed E-state index contributed by atoms with van der Waals surface area (Å²) in [7, 11) is 0. The van der Waals surface area contributed by atoms with Crippen molar-refractivity contribution in [3.8, 4) is 0 Å². The van der Waals surface area contributed by atoms with Crippen LogP contribution in [0.3, 0.4) is 0 Å². The Balaban J connectivity index is 3.04. The molecule has 0 heterocycles. The molecule has 0 unspecified atom stereocenters. The third kappa shape index (κ3) is 1.83. The molecule has 1 atom stereocenters. The fourth-order valence-electron chi connectivity index (χ4n) is 1.23. The van der Waals surface area contributed by atoms with Gasteiger partial charge in [0.15, 0.2) is 0 Å². The number of aryl methyl sites for hydroxylation is 1. The van der Waals surface area contributed by atoms with E-state index < -0.39 is 0 Å². The molecule has 0 spiro atoms. The molecule has 0 saturated carbocycles. The van der Waals surface area contributed by atoms with E-state index in [-0.39, 0.29) is 11.9 Å². The smallest absolute Gasteiger partial charge is 0.123 e. The van der Waals surface area contributed by atoms with Crippen LogP contribution in [0.15, 0.2) is 18.2 Å². The lowest BCUT2D eigenvalue weighted by molar-refractivity contribution is 0.615. The number of hydrogen-bond acceptors (Lipinski definition) is 1. The Labute approximate surface area is 72.4 Å². The van der Waals surface area contributed by atoms with E-state index in [0.29, 0.717) is 0 Å². The van der Waals surface area contributed by atoms with E-state index >= 15 is 0 Å². The summed E-state index contributed by atoms with van der Waals surface area (Å²) in [4.78, 5) is 0. The highest BCUT2D eigenvalue weighted by molar-refractivity contribution is 5.29. The van der Waals surface area contributed by atoms with Gasteiger partial charge in [-0.25, -0.2) is 4.39 Å². The zero-order chi connectivity index (χ0) is 9.14. The Morgan fingerprint density at radius 1 is 1.50 bits per heavy atom. The molecule has 0 saturated heterocycles. The molecule has 12 heavy (non-hydrogen) atoms. The Bertz CT molecular complexity index is 271. The minimum atomic E-state index is -0.209. The summed E-state index contributed by atoms with van der Waals surface area (Å²) in [5.41, 5.74) is 7.77. The summed E-state index contributed by atoms with van der Waals surface area (Å²) >= 11 is 0. The first-order valence-corrected chi connectivity index (χ1v) is 4.16. The molecule has 0 radical (unpaired) electrons. The normalized spacial score (nSPS) is 13.0. The second-order valence-corrected chi connectivity index (χ2v) is 3.02. The number of halogens is 1. The average Bonchev–Trinajstić information content (AvgIpc) is 2.08. The maximum atomic E-state index is 12.8. The molecule has 1 rings (SSSR count).